The molecule has 2 unspecified atom stereocenters. The maximum atomic E-state index is 12.7. The number of carbonyl (C=O) groups excluding carboxylic acids is 2. The molecule has 0 bridgehead atoms. The van der Waals surface area contributed by atoms with Gasteiger partial charge < -0.3 is 15.4 Å². The molecule has 0 aliphatic carbocycles. The lowest BCUT2D eigenvalue weighted by Gasteiger charge is -2.26. The first kappa shape index (κ1) is 19.9. The van der Waals surface area contributed by atoms with Crippen LogP contribution in [0.25, 0.3) is 0 Å². The van der Waals surface area contributed by atoms with Crippen molar-refractivity contribution in [2.24, 2.45) is 5.92 Å². The Morgan fingerprint density at radius 1 is 1.18 bits per heavy atom. The SMILES string of the molecule is CCC(=O)Nc1ccc2c(c1)CC(C(=O)NC(C)CCc1ccccc1)CO2. The van der Waals surface area contributed by atoms with Gasteiger partial charge in [-0.05, 0) is 55.5 Å². The second kappa shape index (κ2) is 9.40. The van der Waals surface area contributed by atoms with Gasteiger partial charge in [-0.2, -0.15) is 0 Å². The average Bonchev–Trinajstić information content (AvgIpc) is 2.72. The molecule has 2 N–H and O–H groups in total. The number of benzene rings is 2. The molecule has 2 amide bonds. The molecule has 0 aromatic heterocycles. The van der Waals surface area contributed by atoms with Crippen LogP contribution >= 0.6 is 0 Å². The molecule has 1 heterocycles. The van der Waals surface area contributed by atoms with E-state index in [1.807, 2.05) is 50.2 Å². The molecule has 0 radical (unpaired) electrons. The summed E-state index contributed by atoms with van der Waals surface area (Å²) < 4.78 is 5.78. The predicted molar refractivity (Wildman–Crippen MR) is 110 cm³/mol. The van der Waals surface area contributed by atoms with E-state index in [0.29, 0.717) is 19.4 Å². The van der Waals surface area contributed by atoms with Crippen molar-refractivity contribution in [1.29, 1.82) is 0 Å². The molecule has 5 heteroatoms. The van der Waals surface area contributed by atoms with Gasteiger partial charge in [-0.15, -0.1) is 0 Å². The third-order valence-corrected chi connectivity index (χ3v) is 5.04. The smallest absolute Gasteiger partial charge is 0.227 e. The maximum absolute atomic E-state index is 12.7. The third kappa shape index (κ3) is 5.35. The average molecular weight is 380 g/mol. The summed E-state index contributed by atoms with van der Waals surface area (Å²) in [7, 11) is 0. The van der Waals surface area contributed by atoms with Gasteiger partial charge in [0.05, 0.1) is 5.92 Å². The second-order valence-corrected chi connectivity index (χ2v) is 7.37. The zero-order valence-electron chi connectivity index (χ0n) is 16.5. The van der Waals surface area contributed by atoms with E-state index < -0.39 is 0 Å². The van der Waals surface area contributed by atoms with Gasteiger partial charge in [0.25, 0.3) is 0 Å². The monoisotopic (exact) mass is 380 g/mol. The van der Waals surface area contributed by atoms with Gasteiger partial charge in [0, 0.05) is 18.2 Å². The molecule has 28 heavy (non-hydrogen) atoms. The fraction of sp³-hybridized carbons (Fsp3) is 0.391. The molecule has 148 valence electrons. The normalized spacial score (nSPS) is 16.4. The summed E-state index contributed by atoms with van der Waals surface area (Å²) >= 11 is 0. The topological polar surface area (TPSA) is 67.4 Å². The van der Waals surface area contributed by atoms with Crippen LogP contribution in [-0.4, -0.2) is 24.5 Å². The first-order chi connectivity index (χ1) is 13.5. The highest BCUT2D eigenvalue weighted by Crippen LogP contribution is 2.30. The Labute approximate surface area is 166 Å². The minimum absolute atomic E-state index is 0.0224. The number of ether oxygens (including phenoxy) is 1. The molecule has 0 spiro atoms. The second-order valence-electron chi connectivity index (χ2n) is 7.37. The fourth-order valence-electron chi connectivity index (χ4n) is 3.35. The van der Waals surface area contributed by atoms with Crippen molar-refractivity contribution in [3.8, 4) is 5.75 Å². The van der Waals surface area contributed by atoms with Crippen molar-refractivity contribution in [2.45, 2.75) is 45.6 Å². The molecule has 2 aromatic carbocycles. The predicted octanol–water partition coefficient (Wildman–Crippen LogP) is 3.72. The number of aryl methyl sites for hydroxylation is 1. The molecule has 2 aromatic rings. The lowest BCUT2D eigenvalue weighted by atomic mass is 9.95. The van der Waals surface area contributed by atoms with Crippen LogP contribution in [0.4, 0.5) is 5.69 Å². The summed E-state index contributed by atoms with van der Waals surface area (Å²) in [6.07, 6.45) is 2.88. The molecule has 3 rings (SSSR count). The molecule has 2 atom stereocenters. The number of anilines is 1. The van der Waals surface area contributed by atoms with Crippen molar-refractivity contribution in [1.82, 2.24) is 5.32 Å². The Hall–Kier alpha value is -2.82. The van der Waals surface area contributed by atoms with Gasteiger partial charge in [-0.1, -0.05) is 37.3 Å². The Morgan fingerprint density at radius 3 is 2.71 bits per heavy atom. The summed E-state index contributed by atoms with van der Waals surface area (Å²) in [5.74, 6) is 0.562. The lowest BCUT2D eigenvalue weighted by molar-refractivity contribution is -0.127. The Balaban J connectivity index is 1.54. The standard InChI is InChI=1S/C23H28N2O3/c1-3-22(26)25-20-11-12-21-18(14-20)13-19(15-28-21)23(27)24-16(2)9-10-17-7-5-4-6-8-17/h4-8,11-12,14,16,19H,3,9-10,13,15H2,1-2H3,(H,24,27)(H,25,26). The lowest BCUT2D eigenvalue weighted by Crippen LogP contribution is -2.41. The van der Waals surface area contributed by atoms with Crippen LogP contribution in [0.15, 0.2) is 48.5 Å². The van der Waals surface area contributed by atoms with E-state index in [0.717, 1.165) is 29.8 Å². The van der Waals surface area contributed by atoms with E-state index in [-0.39, 0.29) is 23.8 Å². The van der Waals surface area contributed by atoms with Crippen molar-refractivity contribution in [2.75, 3.05) is 11.9 Å². The highest BCUT2D eigenvalue weighted by Gasteiger charge is 2.27. The number of fused-ring (bicyclic) bond motifs is 1. The van der Waals surface area contributed by atoms with E-state index in [1.165, 1.54) is 5.56 Å². The summed E-state index contributed by atoms with van der Waals surface area (Å²) in [6.45, 7) is 4.23. The van der Waals surface area contributed by atoms with Crippen molar-refractivity contribution < 1.29 is 14.3 Å². The fourth-order valence-corrected chi connectivity index (χ4v) is 3.35. The number of hydrogen-bond acceptors (Lipinski definition) is 3. The minimum Gasteiger partial charge on any atom is -0.492 e. The van der Waals surface area contributed by atoms with Gasteiger partial charge in [0.2, 0.25) is 11.8 Å². The molecule has 0 saturated carbocycles. The van der Waals surface area contributed by atoms with Crippen molar-refractivity contribution in [3.63, 3.8) is 0 Å². The van der Waals surface area contributed by atoms with E-state index >= 15 is 0 Å². The maximum Gasteiger partial charge on any atom is 0.227 e. The largest absolute Gasteiger partial charge is 0.492 e. The first-order valence-corrected chi connectivity index (χ1v) is 9.95. The van der Waals surface area contributed by atoms with Crippen molar-refractivity contribution >= 4 is 17.5 Å². The van der Waals surface area contributed by atoms with Crippen LogP contribution in [0.1, 0.15) is 37.8 Å². The van der Waals surface area contributed by atoms with Crippen LogP contribution in [0.3, 0.4) is 0 Å². The highest BCUT2D eigenvalue weighted by molar-refractivity contribution is 5.90. The Morgan fingerprint density at radius 2 is 1.96 bits per heavy atom. The number of amides is 2. The van der Waals surface area contributed by atoms with Gasteiger partial charge in [0.1, 0.15) is 12.4 Å². The van der Waals surface area contributed by atoms with E-state index in [9.17, 15) is 9.59 Å². The third-order valence-electron chi connectivity index (χ3n) is 5.04. The Bertz CT molecular complexity index is 820. The number of hydrogen-bond donors (Lipinski definition) is 2. The first-order valence-electron chi connectivity index (χ1n) is 9.95. The summed E-state index contributed by atoms with van der Waals surface area (Å²) in [5, 5.41) is 5.97. The summed E-state index contributed by atoms with van der Waals surface area (Å²) in [5.41, 5.74) is 2.98. The molecule has 0 saturated heterocycles. The zero-order chi connectivity index (χ0) is 19.9. The number of nitrogens with one attached hydrogen (secondary N) is 2. The van der Waals surface area contributed by atoms with Crippen LogP contribution in [-0.2, 0) is 22.4 Å². The van der Waals surface area contributed by atoms with Crippen LogP contribution in [0, 0.1) is 5.92 Å². The minimum atomic E-state index is -0.219. The van der Waals surface area contributed by atoms with Gasteiger partial charge in [-0.3, -0.25) is 9.59 Å². The highest BCUT2D eigenvalue weighted by atomic mass is 16.5. The Kier molecular flexibility index (Phi) is 6.69. The van der Waals surface area contributed by atoms with Gasteiger partial charge >= 0.3 is 0 Å². The van der Waals surface area contributed by atoms with E-state index in [2.05, 4.69) is 22.8 Å². The van der Waals surface area contributed by atoms with Crippen LogP contribution < -0.4 is 15.4 Å². The summed E-state index contributed by atoms with van der Waals surface area (Å²) in [4.78, 5) is 24.3. The molecular formula is C23H28N2O3. The van der Waals surface area contributed by atoms with E-state index in [1.54, 1.807) is 0 Å². The molecule has 5 nitrogen and oxygen atoms in total. The van der Waals surface area contributed by atoms with Crippen molar-refractivity contribution in [3.05, 3.63) is 59.7 Å². The molecular weight excluding hydrogens is 352 g/mol. The molecule has 1 aliphatic rings. The van der Waals surface area contributed by atoms with Crippen LogP contribution in [0.5, 0.6) is 5.75 Å². The van der Waals surface area contributed by atoms with Crippen LogP contribution in [0.2, 0.25) is 0 Å². The molecule has 1 aliphatic heterocycles. The van der Waals surface area contributed by atoms with Gasteiger partial charge in [-0.25, -0.2) is 0 Å². The zero-order valence-corrected chi connectivity index (χ0v) is 16.5. The quantitative estimate of drug-likeness (QED) is 0.769. The van der Waals surface area contributed by atoms with Gasteiger partial charge in [0.15, 0.2) is 0 Å². The number of carbonyl (C=O) groups is 2. The molecule has 0 fully saturated rings. The van der Waals surface area contributed by atoms with E-state index in [4.69, 9.17) is 4.74 Å². The number of rotatable bonds is 7. The summed E-state index contributed by atoms with van der Waals surface area (Å²) in [6, 6.07) is 16.0.